The molecule has 38 heavy (non-hydrogen) atoms. The van der Waals surface area contributed by atoms with Gasteiger partial charge in [0.15, 0.2) is 0 Å². The van der Waals surface area contributed by atoms with Gasteiger partial charge in [-0.3, -0.25) is 9.35 Å². The van der Waals surface area contributed by atoms with Crippen LogP contribution in [0.15, 0.2) is 58.8 Å². The second-order valence-electron chi connectivity index (χ2n) is 8.63. The average Bonchev–Trinajstić information content (AvgIpc) is 3.32. The molecule has 0 bridgehead atoms. The zero-order valence-electron chi connectivity index (χ0n) is 21.1. The van der Waals surface area contributed by atoms with Crippen molar-refractivity contribution in [3.63, 3.8) is 0 Å². The van der Waals surface area contributed by atoms with Crippen molar-refractivity contribution in [1.29, 1.82) is 0 Å². The van der Waals surface area contributed by atoms with E-state index in [1.807, 2.05) is 65.8 Å². The number of aryl methyl sites for hydroxylation is 1. The number of fused-ring (bicyclic) bond motifs is 2. The van der Waals surface area contributed by atoms with E-state index in [-0.39, 0.29) is 6.54 Å². The SMILES string of the molecule is CCN1/C(=C\C=C\c2oc3ccccc3[n+]2CC)N(CC(CS(=O)(=O)O)OC(C)=O)c2cc(Cl)c(Cl)cc21. The normalized spacial score (nSPS) is 15.6. The van der Waals surface area contributed by atoms with E-state index in [4.69, 9.17) is 32.4 Å². The molecule has 0 fully saturated rings. The van der Waals surface area contributed by atoms with E-state index < -0.39 is 27.9 Å². The minimum absolute atomic E-state index is 0.0555. The van der Waals surface area contributed by atoms with Gasteiger partial charge >= 0.3 is 11.9 Å². The van der Waals surface area contributed by atoms with Crippen molar-refractivity contribution in [3.8, 4) is 0 Å². The van der Waals surface area contributed by atoms with Gasteiger partial charge in [-0.05, 0) is 44.2 Å². The van der Waals surface area contributed by atoms with Gasteiger partial charge in [-0.1, -0.05) is 35.3 Å². The van der Waals surface area contributed by atoms with Crippen molar-refractivity contribution in [1.82, 2.24) is 0 Å². The van der Waals surface area contributed by atoms with Crippen molar-refractivity contribution in [2.45, 2.75) is 33.4 Å². The molecule has 4 rings (SSSR count). The van der Waals surface area contributed by atoms with Crippen molar-refractivity contribution >= 4 is 67.8 Å². The summed E-state index contributed by atoms with van der Waals surface area (Å²) in [5.74, 6) is -0.0987. The van der Waals surface area contributed by atoms with Crippen LogP contribution in [0.4, 0.5) is 11.4 Å². The lowest BCUT2D eigenvalue weighted by Gasteiger charge is -2.27. The molecular formula is C26H28Cl2N3O6S+. The van der Waals surface area contributed by atoms with Crippen LogP contribution in [0.3, 0.4) is 0 Å². The first-order chi connectivity index (χ1) is 18.0. The predicted molar refractivity (Wildman–Crippen MR) is 148 cm³/mol. The van der Waals surface area contributed by atoms with Gasteiger partial charge in [0.1, 0.15) is 24.2 Å². The van der Waals surface area contributed by atoms with Crippen LogP contribution >= 0.6 is 23.2 Å². The number of para-hydroxylation sites is 2. The molecule has 12 heteroatoms. The van der Waals surface area contributed by atoms with Gasteiger partial charge in [0, 0.05) is 19.5 Å². The summed E-state index contributed by atoms with van der Waals surface area (Å²) in [4.78, 5) is 15.5. The maximum absolute atomic E-state index is 11.7. The molecule has 0 amide bonds. The predicted octanol–water partition coefficient (Wildman–Crippen LogP) is 5.07. The third-order valence-electron chi connectivity index (χ3n) is 6.02. The van der Waals surface area contributed by atoms with E-state index >= 15 is 0 Å². The molecule has 0 saturated heterocycles. The maximum Gasteiger partial charge on any atom is 0.374 e. The van der Waals surface area contributed by atoms with Gasteiger partial charge in [-0.15, -0.1) is 0 Å². The standard InChI is InChI=1S/C26H27Cl2N3O6S/c1-4-29-22-13-19(27)20(28)14-23(22)31(15-18(36-17(3)32)16-38(33,34)35)25(29)11-8-12-26-30(5-2)21-9-6-7-10-24(21)37-26/h6-14,18H,4-5,15-16H2,1-3H3/p+1. The molecule has 1 aliphatic rings. The lowest BCUT2D eigenvalue weighted by Crippen LogP contribution is -2.39. The molecule has 0 spiro atoms. The largest absolute Gasteiger partial charge is 0.459 e. The quantitative estimate of drug-likeness (QED) is 0.212. The number of ether oxygens (including phenoxy) is 1. The van der Waals surface area contributed by atoms with Crippen molar-refractivity contribution in [3.05, 3.63) is 70.3 Å². The molecule has 0 aliphatic carbocycles. The molecule has 9 nitrogen and oxygen atoms in total. The van der Waals surface area contributed by atoms with Gasteiger partial charge in [0.2, 0.25) is 5.58 Å². The van der Waals surface area contributed by atoms with Crippen molar-refractivity contribution in [2.75, 3.05) is 28.6 Å². The van der Waals surface area contributed by atoms with Gasteiger partial charge in [0.25, 0.3) is 15.6 Å². The highest BCUT2D eigenvalue weighted by molar-refractivity contribution is 7.85. The van der Waals surface area contributed by atoms with E-state index in [1.165, 1.54) is 6.92 Å². The first-order valence-electron chi connectivity index (χ1n) is 12.0. The highest BCUT2D eigenvalue weighted by Gasteiger charge is 2.34. The third kappa shape index (κ3) is 5.99. The Balaban J connectivity index is 1.77. The monoisotopic (exact) mass is 580 g/mol. The van der Waals surface area contributed by atoms with Crippen LogP contribution in [0.25, 0.3) is 17.2 Å². The number of rotatable bonds is 9. The molecule has 1 unspecified atom stereocenters. The van der Waals surface area contributed by atoms with Crippen LogP contribution in [0.5, 0.6) is 0 Å². The molecule has 2 aromatic carbocycles. The Morgan fingerprint density at radius 2 is 1.82 bits per heavy atom. The molecular weight excluding hydrogens is 553 g/mol. The van der Waals surface area contributed by atoms with Gasteiger partial charge in [-0.2, -0.15) is 13.0 Å². The van der Waals surface area contributed by atoms with Crippen molar-refractivity contribution < 1.29 is 31.5 Å². The van der Waals surface area contributed by atoms with E-state index in [0.29, 0.717) is 40.5 Å². The lowest BCUT2D eigenvalue weighted by atomic mass is 10.2. The molecule has 1 atom stereocenters. The maximum atomic E-state index is 11.7. The van der Waals surface area contributed by atoms with E-state index in [9.17, 15) is 17.8 Å². The molecule has 2 heterocycles. The summed E-state index contributed by atoms with van der Waals surface area (Å²) in [6, 6.07) is 11.2. The van der Waals surface area contributed by atoms with E-state index in [0.717, 1.165) is 16.8 Å². The topological polar surface area (TPSA) is 104 Å². The second kappa shape index (κ2) is 11.4. The van der Waals surface area contributed by atoms with E-state index in [2.05, 4.69) is 0 Å². The number of oxazole rings is 1. The number of esters is 1. The highest BCUT2D eigenvalue weighted by Crippen LogP contribution is 2.45. The Morgan fingerprint density at radius 3 is 2.42 bits per heavy atom. The molecule has 1 aromatic heterocycles. The molecule has 1 N–H and O–H groups in total. The molecule has 3 aromatic rings. The minimum atomic E-state index is -4.43. The summed E-state index contributed by atoms with van der Waals surface area (Å²) >= 11 is 12.7. The molecule has 202 valence electrons. The number of anilines is 2. The number of nitrogens with zero attached hydrogens (tertiary/aromatic N) is 3. The van der Waals surface area contributed by atoms with Crippen LogP contribution in [0.2, 0.25) is 10.0 Å². The summed E-state index contributed by atoms with van der Waals surface area (Å²) in [6.07, 6.45) is 4.36. The average molecular weight is 581 g/mol. The molecule has 0 saturated carbocycles. The Bertz CT molecular complexity index is 1530. The minimum Gasteiger partial charge on any atom is -0.459 e. The number of carbonyl (C=O) groups excluding carboxylic acids is 1. The summed E-state index contributed by atoms with van der Waals surface area (Å²) < 4.78 is 46.1. The third-order valence-corrected chi connectivity index (χ3v) is 7.54. The fourth-order valence-corrected chi connectivity index (χ4v) is 5.53. The Morgan fingerprint density at radius 1 is 1.16 bits per heavy atom. The number of hydrogen-bond acceptors (Lipinski definition) is 7. The Kier molecular flexibility index (Phi) is 8.37. The summed E-state index contributed by atoms with van der Waals surface area (Å²) in [5.41, 5.74) is 3.15. The first-order valence-corrected chi connectivity index (χ1v) is 14.3. The second-order valence-corrected chi connectivity index (χ2v) is 10.9. The van der Waals surface area contributed by atoms with Crippen LogP contribution < -0.4 is 14.4 Å². The Labute approximate surface area is 231 Å². The number of allylic oxidation sites excluding steroid dienone is 2. The molecule has 1 aliphatic heterocycles. The number of aromatic nitrogens is 1. The first kappa shape index (κ1) is 28.0. The van der Waals surface area contributed by atoms with Gasteiger partial charge < -0.3 is 19.0 Å². The fourth-order valence-electron chi connectivity index (χ4n) is 4.57. The number of carbonyl (C=O) groups is 1. The molecule has 0 radical (unpaired) electrons. The van der Waals surface area contributed by atoms with Crippen molar-refractivity contribution in [2.24, 2.45) is 0 Å². The number of benzene rings is 2. The van der Waals surface area contributed by atoms with Crippen LogP contribution in [-0.4, -0.2) is 43.9 Å². The number of halogens is 2. The van der Waals surface area contributed by atoms with E-state index in [1.54, 1.807) is 17.0 Å². The summed E-state index contributed by atoms with van der Waals surface area (Å²) in [7, 11) is -4.43. The zero-order valence-corrected chi connectivity index (χ0v) is 23.4. The van der Waals surface area contributed by atoms with Gasteiger partial charge in [-0.25, -0.2) is 0 Å². The zero-order chi connectivity index (χ0) is 27.6. The fraction of sp³-hybridized carbons (Fsp3) is 0.308. The Hall–Kier alpha value is -3.05. The van der Waals surface area contributed by atoms with Crippen LogP contribution in [0.1, 0.15) is 26.7 Å². The number of hydrogen-bond donors (Lipinski definition) is 1. The van der Waals surface area contributed by atoms with Crippen LogP contribution in [0, 0.1) is 0 Å². The summed E-state index contributed by atoms with van der Waals surface area (Å²) in [6.45, 7) is 6.38. The van der Waals surface area contributed by atoms with Gasteiger partial charge in [0.05, 0.1) is 34.0 Å². The van der Waals surface area contributed by atoms with Crippen LogP contribution in [-0.2, 0) is 26.2 Å². The highest BCUT2D eigenvalue weighted by atomic mass is 35.5. The lowest BCUT2D eigenvalue weighted by molar-refractivity contribution is -0.674. The smallest absolute Gasteiger partial charge is 0.374 e. The summed E-state index contributed by atoms with van der Waals surface area (Å²) in [5, 5.41) is 0.676.